The number of hydrogen-bond acceptors (Lipinski definition) is 5. The van der Waals surface area contributed by atoms with Crippen molar-refractivity contribution in [3.05, 3.63) is 46.4 Å². The molecule has 1 heterocycles. The fraction of sp³-hybridized carbons (Fsp3) is 0.375. The molecule has 0 amide bonds. The molecule has 0 aliphatic carbocycles. The topological polar surface area (TPSA) is 67.3 Å². The van der Waals surface area contributed by atoms with E-state index >= 15 is 0 Å². The van der Waals surface area contributed by atoms with Crippen LogP contribution in [-0.2, 0) is 0 Å². The molecule has 0 aliphatic rings. The number of rotatable bonds is 6. The van der Waals surface area contributed by atoms with Gasteiger partial charge in [0, 0.05) is 22.8 Å². The van der Waals surface area contributed by atoms with Crippen LogP contribution in [0.3, 0.4) is 0 Å². The molecule has 2 N–H and O–H groups in total. The van der Waals surface area contributed by atoms with E-state index < -0.39 is 6.10 Å². The molecule has 6 heteroatoms. The van der Waals surface area contributed by atoms with E-state index in [1.54, 1.807) is 24.3 Å². The van der Waals surface area contributed by atoms with E-state index in [2.05, 4.69) is 15.3 Å². The normalized spacial score (nSPS) is 12.0. The van der Waals surface area contributed by atoms with Gasteiger partial charge in [0.2, 0.25) is 0 Å². The number of hydrogen-bond donors (Lipinski definition) is 2. The van der Waals surface area contributed by atoms with Crippen molar-refractivity contribution in [3.8, 4) is 5.75 Å². The Balaban J connectivity index is 1.85. The maximum Gasteiger partial charge on any atom is 0.132 e. The Labute approximate surface area is 135 Å². The van der Waals surface area contributed by atoms with E-state index in [1.165, 1.54) is 0 Å². The van der Waals surface area contributed by atoms with E-state index in [4.69, 9.17) is 16.3 Å². The number of halogens is 1. The quantitative estimate of drug-likeness (QED) is 0.856. The zero-order chi connectivity index (χ0) is 16.1. The third kappa shape index (κ3) is 4.58. The van der Waals surface area contributed by atoms with E-state index in [0.717, 1.165) is 17.1 Å². The summed E-state index contributed by atoms with van der Waals surface area (Å²) in [4.78, 5) is 8.64. The Kier molecular flexibility index (Phi) is 5.57. The number of aliphatic hydroxyl groups excluding tert-OH is 1. The number of nitrogens with one attached hydrogen (secondary N) is 1. The molecule has 0 saturated carbocycles. The van der Waals surface area contributed by atoms with Crippen molar-refractivity contribution < 1.29 is 9.84 Å². The second-order valence-electron chi connectivity index (χ2n) is 5.13. The molecule has 0 bridgehead atoms. The van der Waals surface area contributed by atoms with Crippen molar-refractivity contribution in [1.29, 1.82) is 0 Å². The number of aryl methyl sites for hydroxylation is 2. The summed E-state index contributed by atoms with van der Waals surface area (Å²) in [5.41, 5.74) is 1.92. The molecular weight excluding hydrogens is 302 g/mol. The second-order valence-corrected chi connectivity index (χ2v) is 5.57. The van der Waals surface area contributed by atoms with Gasteiger partial charge >= 0.3 is 0 Å². The van der Waals surface area contributed by atoms with Crippen molar-refractivity contribution in [2.24, 2.45) is 0 Å². The van der Waals surface area contributed by atoms with Crippen molar-refractivity contribution in [2.75, 3.05) is 18.5 Å². The van der Waals surface area contributed by atoms with Crippen LogP contribution >= 0.6 is 11.6 Å². The van der Waals surface area contributed by atoms with Gasteiger partial charge in [0.25, 0.3) is 0 Å². The fourth-order valence-corrected chi connectivity index (χ4v) is 2.06. The SMILES string of the molecule is Cc1nc(C)c(C)c(NC[C@@H](O)COc2ccc(Cl)cc2)n1. The average Bonchev–Trinajstić information content (AvgIpc) is 2.49. The van der Waals surface area contributed by atoms with Crippen molar-refractivity contribution >= 4 is 17.4 Å². The lowest BCUT2D eigenvalue weighted by Gasteiger charge is -2.15. The molecule has 5 nitrogen and oxygen atoms in total. The van der Waals surface area contributed by atoms with E-state index in [9.17, 15) is 5.11 Å². The van der Waals surface area contributed by atoms with E-state index in [0.29, 0.717) is 23.1 Å². The first-order chi connectivity index (χ1) is 10.5. The second kappa shape index (κ2) is 7.42. The predicted octanol–water partition coefficient (Wildman–Crippen LogP) is 2.91. The largest absolute Gasteiger partial charge is 0.491 e. The summed E-state index contributed by atoms with van der Waals surface area (Å²) >= 11 is 5.81. The maximum atomic E-state index is 10.00. The van der Waals surface area contributed by atoms with Crippen LogP contribution in [0.1, 0.15) is 17.1 Å². The molecule has 2 rings (SSSR count). The Morgan fingerprint density at radius 2 is 1.86 bits per heavy atom. The van der Waals surface area contributed by atoms with Gasteiger partial charge in [-0.15, -0.1) is 0 Å². The number of nitrogens with zero attached hydrogens (tertiary/aromatic N) is 2. The third-order valence-electron chi connectivity index (χ3n) is 3.26. The first-order valence-electron chi connectivity index (χ1n) is 7.08. The highest BCUT2D eigenvalue weighted by atomic mass is 35.5. The first kappa shape index (κ1) is 16.5. The Morgan fingerprint density at radius 1 is 1.18 bits per heavy atom. The van der Waals surface area contributed by atoms with Crippen molar-refractivity contribution in [3.63, 3.8) is 0 Å². The molecular formula is C16H20ClN3O2. The van der Waals surface area contributed by atoms with E-state index in [1.807, 2.05) is 20.8 Å². The number of ether oxygens (including phenoxy) is 1. The lowest BCUT2D eigenvalue weighted by molar-refractivity contribution is 0.117. The molecule has 0 unspecified atom stereocenters. The van der Waals surface area contributed by atoms with Crippen molar-refractivity contribution in [1.82, 2.24) is 9.97 Å². The van der Waals surface area contributed by atoms with Crippen LogP contribution in [0.5, 0.6) is 5.75 Å². The summed E-state index contributed by atoms with van der Waals surface area (Å²) in [5, 5.41) is 13.8. The highest BCUT2D eigenvalue weighted by molar-refractivity contribution is 6.30. The van der Waals surface area contributed by atoms with Crippen LogP contribution in [0.15, 0.2) is 24.3 Å². The summed E-state index contributed by atoms with van der Waals surface area (Å²) < 4.78 is 5.51. The van der Waals surface area contributed by atoms with Gasteiger partial charge < -0.3 is 15.2 Å². The predicted molar refractivity (Wildman–Crippen MR) is 87.7 cm³/mol. The number of aromatic nitrogens is 2. The molecule has 1 aromatic carbocycles. The molecule has 1 atom stereocenters. The summed E-state index contributed by atoms with van der Waals surface area (Å²) in [6.07, 6.45) is -0.648. The van der Waals surface area contributed by atoms with Gasteiger partial charge in [-0.1, -0.05) is 11.6 Å². The average molecular weight is 322 g/mol. The highest BCUT2D eigenvalue weighted by Crippen LogP contribution is 2.16. The Hall–Kier alpha value is -1.85. The van der Waals surface area contributed by atoms with Gasteiger partial charge in [-0.05, 0) is 45.0 Å². The number of anilines is 1. The van der Waals surface area contributed by atoms with Crippen LogP contribution < -0.4 is 10.1 Å². The minimum atomic E-state index is -0.648. The zero-order valence-corrected chi connectivity index (χ0v) is 13.7. The van der Waals surface area contributed by atoms with Crippen LogP contribution in [0.2, 0.25) is 5.02 Å². The smallest absolute Gasteiger partial charge is 0.132 e. The Bertz CT molecular complexity index is 632. The minimum absolute atomic E-state index is 0.191. The van der Waals surface area contributed by atoms with Gasteiger partial charge in [-0.3, -0.25) is 0 Å². The lowest BCUT2D eigenvalue weighted by atomic mass is 10.2. The van der Waals surface area contributed by atoms with Gasteiger partial charge in [-0.25, -0.2) is 9.97 Å². The minimum Gasteiger partial charge on any atom is -0.491 e. The zero-order valence-electron chi connectivity index (χ0n) is 12.9. The van der Waals surface area contributed by atoms with Crippen LogP contribution in [-0.4, -0.2) is 34.3 Å². The molecule has 22 heavy (non-hydrogen) atoms. The summed E-state index contributed by atoms with van der Waals surface area (Å²) in [5.74, 6) is 2.13. The molecule has 0 radical (unpaired) electrons. The molecule has 0 fully saturated rings. The monoisotopic (exact) mass is 321 g/mol. The maximum absolute atomic E-state index is 10.00. The molecule has 0 spiro atoms. The number of benzene rings is 1. The summed E-state index contributed by atoms with van der Waals surface area (Å²) in [7, 11) is 0. The van der Waals surface area contributed by atoms with Crippen LogP contribution in [0.25, 0.3) is 0 Å². The molecule has 0 saturated heterocycles. The van der Waals surface area contributed by atoms with Crippen LogP contribution in [0.4, 0.5) is 5.82 Å². The Morgan fingerprint density at radius 3 is 2.55 bits per heavy atom. The molecule has 118 valence electrons. The summed E-state index contributed by atoms with van der Waals surface area (Å²) in [6.45, 7) is 6.28. The molecule has 1 aromatic heterocycles. The standard InChI is InChI=1S/C16H20ClN3O2/c1-10-11(2)19-12(3)20-16(10)18-8-14(21)9-22-15-6-4-13(17)5-7-15/h4-7,14,21H,8-9H2,1-3H3,(H,18,19,20)/t14-/m1/s1. The van der Waals surface area contributed by atoms with E-state index in [-0.39, 0.29) is 6.61 Å². The van der Waals surface area contributed by atoms with Gasteiger partial charge in [0.1, 0.15) is 30.1 Å². The van der Waals surface area contributed by atoms with Gasteiger partial charge in [0.05, 0.1) is 0 Å². The van der Waals surface area contributed by atoms with Gasteiger partial charge in [-0.2, -0.15) is 0 Å². The summed E-state index contributed by atoms with van der Waals surface area (Å²) in [6, 6.07) is 7.03. The molecule has 2 aromatic rings. The van der Waals surface area contributed by atoms with Crippen LogP contribution in [0, 0.1) is 20.8 Å². The fourth-order valence-electron chi connectivity index (χ4n) is 1.94. The highest BCUT2D eigenvalue weighted by Gasteiger charge is 2.09. The number of aliphatic hydroxyl groups is 1. The van der Waals surface area contributed by atoms with Crippen molar-refractivity contribution in [2.45, 2.75) is 26.9 Å². The molecule has 0 aliphatic heterocycles. The first-order valence-corrected chi connectivity index (χ1v) is 7.45. The lowest BCUT2D eigenvalue weighted by Crippen LogP contribution is -2.27. The third-order valence-corrected chi connectivity index (χ3v) is 3.51. The van der Waals surface area contributed by atoms with Gasteiger partial charge in [0.15, 0.2) is 0 Å².